The summed E-state index contributed by atoms with van der Waals surface area (Å²) in [4.78, 5) is 7.95. The molecule has 0 aliphatic carbocycles. The summed E-state index contributed by atoms with van der Waals surface area (Å²) in [6.45, 7) is 1.84. The van der Waals surface area contributed by atoms with Gasteiger partial charge in [-0.1, -0.05) is 12.8 Å². The SMILES string of the molecule is C1=NCCCCCCN=1. The highest BCUT2D eigenvalue weighted by Gasteiger charge is 1.89. The Morgan fingerprint density at radius 1 is 0.778 bits per heavy atom. The predicted octanol–water partition coefficient (Wildman–Crippen LogP) is 1.73. The quantitative estimate of drug-likeness (QED) is 0.470. The Hall–Kier alpha value is -0.620. The van der Waals surface area contributed by atoms with Gasteiger partial charge in [0.05, 0.1) is 6.01 Å². The fourth-order valence-corrected chi connectivity index (χ4v) is 0.885. The maximum absolute atomic E-state index is 3.97. The van der Waals surface area contributed by atoms with Crippen molar-refractivity contribution in [2.45, 2.75) is 25.7 Å². The third-order valence-corrected chi connectivity index (χ3v) is 1.43. The zero-order valence-corrected chi connectivity index (χ0v) is 5.64. The molecule has 0 fully saturated rings. The van der Waals surface area contributed by atoms with Gasteiger partial charge in [-0.3, -0.25) is 0 Å². The summed E-state index contributed by atoms with van der Waals surface area (Å²) in [5.74, 6) is 0. The van der Waals surface area contributed by atoms with Crippen molar-refractivity contribution in [3.63, 3.8) is 0 Å². The molecule has 0 radical (unpaired) electrons. The third kappa shape index (κ3) is 3.04. The maximum Gasteiger partial charge on any atom is 0.0892 e. The Kier molecular flexibility index (Phi) is 3.09. The van der Waals surface area contributed by atoms with Crippen molar-refractivity contribution in [2.24, 2.45) is 9.98 Å². The Morgan fingerprint density at radius 3 is 1.89 bits per heavy atom. The van der Waals surface area contributed by atoms with Crippen molar-refractivity contribution in [2.75, 3.05) is 13.1 Å². The summed E-state index contributed by atoms with van der Waals surface area (Å²) in [6, 6.07) is 2.68. The first-order valence-corrected chi connectivity index (χ1v) is 3.58. The average molecular weight is 124 g/mol. The first kappa shape index (κ1) is 6.50. The van der Waals surface area contributed by atoms with Crippen molar-refractivity contribution >= 4 is 6.01 Å². The first-order chi connectivity index (χ1) is 4.50. The van der Waals surface area contributed by atoms with Gasteiger partial charge in [-0.15, -0.1) is 0 Å². The third-order valence-electron chi connectivity index (χ3n) is 1.43. The van der Waals surface area contributed by atoms with Crippen LogP contribution in [0, 0.1) is 0 Å². The smallest absolute Gasteiger partial charge is 0.0892 e. The van der Waals surface area contributed by atoms with E-state index in [1.54, 1.807) is 0 Å². The second-order valence-electron chi connectivity index (χ2n) is 2.28. The van der Waals surface area contributed by atoms with Gasteiger partial charge in [0.2, 0.25) is 0 Å². The Labute approximate surface area is 55.7 Å². The summed E-state index contributed by atoms with van der Waals surface area (Å²) in [5, 5.41) is 0. The normalized spacial score (nSPS) is 20.4. The van der Waals surface area contributed by atoms with E-state index in [1.807, 2.05) is 0 Å². The van der Waals surface area contributed by atoms with Gasteiger partial charge in [-0.2, -0.15) is 0 Å². The molecule has 0 N–H and O–H groups in total. The van der Waals surface area contributed by atoms with Crippen LogP contribution in [0.25, 0.3) is 0 Å². The van der Waals surface area contributed by atoms with Gasteiger partial charge in [0.25, 0.3) is 0 Å². The van der Waals surface area contributed by atoms with E-state index in [1.165, 1.54) is 25.7 Å². The molecular weight excluding hydrogens is 112 g/mol. The van der Waals surface area contributed by atoms with Gasteiger partial charge < -0.3 is 0 Å². The summed E-state index contributed by atoms with van der Waals surface area (Å²) < 4.78 is 0. The molecule has 2 heteroatoms. The van der Waals surface area contributed by atoms with Crippen LogP contribution in [0.2, 0.25) is 0 Å². The molecule has 0 amide bonds. The number of rotatable bonds is 0. The van der Waals surface area contributed by atoms with Gasteiger partial charge in [0, 0.05) is 13.1 Å². The fourth-order valence-electron chi connectivity index (χ4n) is 0.885. The van der Waals surface area contributed by atoms with E-state index in [2.05, 4.69) is 16.0 Å². The minimum atomic E-state index is 0.920. The van der Waals surface area contributed by atoms with Crippen LogP contribution in [0.1, 0.15) is 25.7 Å². The number of nitrogens with zero attached hydrogens (tertiary/aromatic N) is 2. The van der Waals surface area contributed by atoms with E-state index in [9.17, 15) is 0 Å². The standard InChI is InChI=1S/C7H12N2/c1-2-4-6-9-7-8-5-3-1/h1-6H2. The van der Waals surface area contributed by atoms with Crippen LogP contribution < -0.4 is 0 Å². The van der Waals surface area contributed by atoms with E-state index in [-0.39, 0.29) is 0 Å². The largest absolute Gasteiger partial charge is 0.226 e. The average Bonchev–Trinajstić information content (AvgIpc) is 2.00. The topological polar surface area (TPSA) is 24.7 Å². The molecule has 0 aromatic heterocycles. The molecule has 0 aromatic carbocycles. The minimum Gasteiger partial charge on any atom is -0.226 e. The summed E-state index contributed by atoms with van der Waals surface area (Å²) >= 11 is 0. The molecule has 9 heavy (non-hydrogen) atoms. The predicted molar refractivity (Wildman–Crippen MR) is 38.1 cm³/mol. The molecule has 0 aromatic rings. The molecule has 1 aliphatic rings. The summed E-state index contributed by atoms with van der Waals surface area (Å²) in [6.07, 6.45) is 5.03. The highest BCUT2D eigenvalue weighted by atomic mass is 14.8. The second kappa shape index (κ2) is 4.28. The highest BCUT2D eigenvalue weighted by molar-refractivity contribution is 5.40. The molecule has 50 valence electrons. The molecule has 1 heterocycles. The monoisotopic (exact) mass is 124 g/mol. The minimum absolute atomic E-state index is 0.920. The van der Waals surface area contributed by atoms with Crippen LogP contribution in [0.5, 0.6) is 0 Å². The Bertz CT molecular complexity index is 111. The van der Waals surface area contributed by atoms with Gasteiger partial charge >= 0.3 is 0 Å². The lowest BCUT2D eigenvalue weighted by atomic mass is 10.2. The molecule has 0 spiro atoms. The van der Waals surface area contributed by atoms with Crippen LogP contribution in [-0.4, -0.2) is 19.1 Å². The zero-order chi connectivity index (χ0) is 6.36. The fraction of sp³-hybridized carbons (Fsp3) is 0.857. The Balaban J connectivity index is 2.29. The number of hydrogen-bond acceptors (Lipinski definition) is 2. The molecule has 0 saturated heterocycles. The van der Waals surface area contributed by atoms with E-state index >= 15 is 0 Å². The summed E-state index contributed by atoms with van der Waals surface area (Å²) in [7, 11) is 0. The zero-order valence-electron chi connectivity index (χ0n) is 5.64. The van der Waals surface area contributed by atoms with Crippen molar-refractivity contribution in [3.8, 4) is 0 Å². The molecule has 0 saturated carbocycles. The molecule has 2 nitrogen and oxygen atoms in total. The van der Waals surface area contributed by atoms with Crippen LogP contribution in [0.15, 0.2) is 9.98 Å². The molecule has 0 unspecified atom stereocenters. The van der Waals surface area contributed by atoms with E-state index in [0.29, 0.717) is 0 Å². The van der Waals surface area contributed by atoms with Crippen LogP contribution in [0.4, 0.5) is 0 Å². The van der Waals surface area contributed by atoms with Gasteiger partial charge in [-0.25, -0.2) is 9.98 Å². The molecule has 1 rings (SSSR count). The van der Waals surface area contributed by atoms with E-state index in [4.69, 9.17) is 0 Å². The Morgan fingerprint density at radius 2 is 1.33 bits per heavy atom. The molecule has 0 atom stereocenters. The lowest BCUT2D eigenvalue weighted by Crippen LogP contribution is -1.81. The molecule has 0 bridgehead atoms. The van der Waals surface area contributed by atoms with Gasteiger partial charge in [-0.05, 0) is 12.8 Å². The number of hydrogen-bond donors (Lipinski definition) is 0. The number of aliphatic imine (C=N–C) groups is 2. The van der Waals surface area contributed by atoms with Crippen molar-refractivity contribution in [3.05, 3.63) is 0 Å². The summed E-state index contributed by atoms with van der Waals surface area (Å²) in [5.41, 5.74) is 0. The molecule has 1 aliphatic heterocycles. The maximum atomic E-state index is 3.97. The first-order valence-electron chi connectivity index (χ1n) is 3.58. The lowest BCUT2D eigenvalue weighted by molar-refractivity contribution is 0.662. The van der Waals surface area contributed by atoms with E-state index < -0.39 is 0 Å². The van der Waals surface area contributed by atoms with Gasteiger partial charge in [0.15, 0.2) is 0 Å². The molecular formula is C7H12N2. The van der Waals surface area contributed by atoms with Gasteiger partial charge in [0.1, 0.15) is 0 Å². The van der Waals surface area contributed by atoms with Crippen molar-refractivity contribution in [1.29, 1.82) is 0 Å². The second-order valence-corrected chi connectivity index (χ2v) is 2.28. The van der Waals surface area contributed by atoms with Crippen LogP contribution in [0.3, 0.4) is 0 Å². The van der Waals surface area contributed by atoms with Crippen molar-refractivity contribution in [1.82, 2.24) is 0 Å². The van der Waals surface area contributed by atoms with Crippen molar-refractivity contribution < 1.29 is 0 Å². The lowest BCUT2D eigenvalue weighted by Gasteiger charge is -1.92. The van der Waals surface area contributed by atoms with E-state index in [0.717, 1.165) is 13.1 Å². The highest BCUT2D eigenvalue weighted by Crippen LogP contribution is 2.00. The van der Waals surface area contributed by atoms with Crippen LogP contribution in [-0.2, 0) is 0 Å². The van der Waals surface area contributed by atoms with Crippen LogP contribution >= 0.6 is 0 Å².